The summed E-state index contributed by atoms with van der Waals surface area (Å²) in [7, 11) is 3.23. The Bertz CT molecular complexity index is 1330. The van der Waals surface area contributed by atoms with Crippen molar-refractivity contribution in [2.45, 2.75) is 19.3 Å². The Hall–Kier alpha value is -3.86. The maximum Gasteiger partial charge on any atom is 0.254 e. The van der Waals surface area contributed by atoms with E-state index in [-0.39, 0.29) is 5.91 Å². The number of fused-ring (bicyclic) bond motifs is 1. The van der Waals surface area contributed by atoms with Gasteiger partial charge in [0.1, 0.15) is 0 Å². The summed E-state index contributed by atoms with van der Waals surface area (Å²) in [6, 6.07) is 26.1. The molecule has 1 saturated heterocycles. The number of pyridine rings is 1. The molecule has 0 radical (unpaired) electrons. The molecule has 0 N–H and O–H groups in total. The van der Waals surface area contributed by atoms with Crippen LogP contribution in [0.4, 0.5) is 0 Å². The summed E-state index contributed by atoms with van der Waals surface area (Å²) >= 11 is 0. The second-order valence-corrected chi connectivity index (χ2v) is 9.07. The van der Waals surface area contributed by atoms with Gasteiger partial charge in [-0.05, 0) is 61.1 Å². The quantitative estimate of drug-likeness (QED) is 0.349. The van der Waals surface area contributed by atoms with Crippen molar-refractivity contribution in [3.63, 3.8) is 0 Å². The smallest absolute Gasteiger partial charge is 0.254 e. The fourth-order valence-electron chi connectivity index (χ4n) is 4.95. The van der Waals surface area contributed by atoms with Crippen molar-refractivity contribution in [3.8, 4) is 22.8 Å². The molecule has 5 rings (SSSR count). The van der Waals surface area contributed by atoms with Crippen LogP contribution in [0, 0.1) is 5.92 Å². The molecule has 5 heteroatoms. The predicted octanol–water partition coefficient (Wildman–Crippen LogP) is 6.01. The van der Waals surface area contributed by atoms with E-state index in [4.69, 9.17) is 14.5 Å². The molecule has 0 bridgehead atoms. The van der Waals surface area contributed by atoms with Gasteiger partial charge in [-0.2, -0.15) is 0 Å². The average molecular weight is 467 g/mol. The Labute approximate surface area is 206 Å². The van der Waals surface area contributed by atoms with Crippen molar-refractivity contribution in [3.05, 3.63) is 90.0 Å². The predicted molar refractivity (Wildman–Crippen MR) is 139 cm³/mol. The zero-order valence-corrected chi connectivity index (χ0v) is 20.2. The number of carbonyl (C=O) groups excluding carboxylic acids is 1. The molecule has 0 unspecified atom stereocenters. The summed E-state index contributed by atoms with van der Waals surface area (Å²) in [5, 5.41) is 0.883. The van der Waals surface area contributed by atoms with Gasteiger partial charge in [0.05, 0.1) is 31.0 Å². The lowest BCUT2D eigenvalue weighted by atomic mass is 9.90. The molecule has 1 amide bonds. The summed E-state index contributed by atoms with van der Waals surface area (Å²) in [6.07, 6.45) is 3.11. The van der Waals surface area contributed by atoms with Crippen molar-refractivity contribution in [2.75, 3.05) is 27.3 Å². The van der Waals surface area contributed by atoms with Gasteiger partial charge in [0.2, 0.25) is 0 Å². The van der Waals surface area contributed by atoms with Gasteiger partial charge in [0.25, 0.3) is 5.91 Å². The van der Waals surface area contributed by atoms with Crippen molar-refractivity contribution in [2.24, 2.45) is 5.92 Å². The molecule has 2 heterocycles. The number of piperidine rings is 1. The monoisotopic (exact) mass is 466 g/mol. The highest BCUT2D eigenvalue weighted by Gasteiger charge is 2.25. The van der Waals surface area contributed by atoms with E-state index in [1.165, 1.54) is 5.56 Å². The van der Waals surface area contributed by atoms with E-state index in [9.17, 15) is 4.79 Å². The zero-order chi connectivity index (χ0) is 24.2. The van der Waals surface area contributed by atoms with Crippen LogP contribution in [0.3, 0.4) is 0 Å². The standard InChI is InChI=1S/C30H30N2O3/c1-34-28-13-12-23(19-29(28)35-2)27-20-25(24-10-6-7-11-26(24)31-27)30(33)32-16-14-22(15-17-32)18-21-8-4-3-5-9-21/h3-13,19-20,22H,14-18H2,1-2H3. The molecule has 3 aromatic carbocycles. The number of aromatic nitrogens is 1. The molecule has 0 atom stereocenters. The normalized spacial score (nSPS) is 14.2. The molecule has 178 valence electrons. The van der Waals surface area contributed by atoms with Gasteiger partial charge in [-0.1, -0.05) is 48.5 Å². The average Bonchev–Trinajstić information content (AvgIpc) is 2.92. The Morgan fingerprint density at radius 1 is 0.886 bits per heavy atom. The van der Waals surface area contributed by atoms with E-state index in [1.54, 1.807) is 14.2 Å². The molecule has 0 aliphatic carbocycles. The second kappa shape index (κ2) is 10.2. The molecule has 1 fully saturated rings. The van der Waals surface area contributed by atoms with E-state index < -0.39 is 0 Å². The highest BCUT2D eigenvalue weighted by atomic mass is 16.5. The van der Waals surface area contributed by atoms with E-state index in [0.717, 1.165) is 54.5 Å². The third-order valence-electron chi connectivity index (χ3n) is 6.89. The van der Waals surface area contributed by atoms with Crippen LogP contribution in [-0.2, 0) is 6.42 Å². The summed E-state index contributed by atoms with van der Waals surface area (Å²) in [4.78, 5) is 20.6. The first kappa shape index (κ1) is 22.9. The minimum atomic E-state index is 0.0727. The third kappa shape index (κ3) is 4.85. The SMILES string of the molecule is COc1ccc(-c2cc(C(=O)N3CCC(Cc4ccccc4)CC3)c3ccccc3n2)cc1OC. The van der Waals surface area contributed by atoms with Crippen LogP contribution in [0.15, 0.2) is 78.9 Å². The molecule has 35 heavy (non-hydrogen) atoms. The van der Waals surface area contributed by atoms with E-state index in [1.807, 2.05) is 53.4 Å². The van der Waals surface area contributed by atoms with E-state index in [2.05, 4.69) is 30.3 Å². The number of carbonyl (C=O) groups is 1. The third-order valence-corrected chi connectivity index (χ3v) is 6.89. The molecule has 1 aliphatic heterocycles. The number of amides is 1. The molecule has 0 spiro atoms. The van der Waals surface area contributed by atoms with Crippen molar-refractivity contribution < 1.29 is 14.3 Å². The van der Waals surface area contributed by atoms with Crippen LogP contribution in [-0.4, -0.2) is 43.1 Å². The molecule has 5 nitrogen and oxygen atoms in total. The van der Waals surface area contributed by atoms with Gasteiger partial charge < -0.3 is 14.4 Å². The Kier molecular flexibility index (Phi) is 6.66. The molecule has 1 aromatic heterocycles. The maximum absolute atomic E-state index is 13.7. The van der Waals surface area contributed by atoms with Gasteiger partial charge in [-0.25, -0.2) is 4.98 Å². The molecule has 0 saturated carbocycles. The minimum Gasteiger partial charge on any atom is -0.493 e. The first-order valence-electron chi connectivity index (χ1n) is 12.1. The van der Waals surface area contributed by atoms with Crippen molar-refractivity contribution in [1.29, 1.82) is 0 Å². The summed E-state index contributed by atoms with van der Waals surface area (Å²) in [6.45, 7) is 1.55. The van der Waals surface area contributed by atoms with E-state index >= 15 is 0 Å². The number of hydrogen-bond donors (Lipinski definition) is 0. The summed E-state index contributed by atoms with van der Waals surface area (Å²) in [5.41, 5.74) is 4.50. The van der Waals surface area contributed by atoms with Crippen LogP contribution in [0.2, 0.25) is 0 Å². The molecular formula is C30H30N2O3. The van der Waals surface area contributed by atoms with Crippen LogP contribution < -0.4 is 9.47 Å². The Morgan fingerprint density at radius 3 is 2.34 bits per heavy atom. The van der Waals surface area contributed by atoms with Gasteiger partial charge >= 0.3 is 0 Å². The maximum atomic E-state index is 13.7. The van der Waals surface area contributed by atoms with Crippen molar-refractivity contribution in [1.82, 2.24) is 9.88 Å². The highest BCUT2D eigenvalue weighted by molar-refractivity contribution is 6.07. The van der Waals surface area contributed by atoms with Crippen LogP contribution in [0.1, 0.15) is 28.8 Å². The molecular weight excluding hydrogens is 436 g/mol. The first-order valence-corrected chi connectivity index (χ1v) is 12.1. The fourth-order valence-corrected chi connectivity index (χ4v) is 4.95. The van der Waals surface area contributed by atoms with Crippen LogP contribution in [0.5, 0.6) is 11.5 Å². The molecule has 1 aliphatic rings. The number of rotatable bonds is 6. The number of para-hydroxylation sites is 1. The Morgan fingerprint density at radius 2 is 1.60 bits per heavy atom. The van der Waals surface area contributed by atoms with Crippen molar-refractivity contribution >= 4 is 16.8 Å². The number of ether oxygens (including phenoxy) is 2. The van der Waals surface area contributed by atoms with Gasteiger partial charge in [0, 0.05) is 24.0 Å². The lowest BCUT2D eigenvalue weighted by molar-refractivity contribution is 0.0692. The van der Waals surface area contributed by atoms with E-state index in [0.29, 0.717) is 23.0 Å². The summed E-state index contributed by atoms with van der Waals surface area (Å²) in [5.74, 6) is 1.97. The number of methoxy groups -OCH3 is 2. The Balaban J connectivity index is 1.41. The highest BCUT2D eigenvalue weighted by Crippen LogP contribution is 2.34. The summed E-state index contributed by atoms with van der Waals surface area (Å²) < 4.78 is 10.9. The largest absolute Gasteiger partial charge is 0.493 e. The van der Waals surface area contributed by atoms with Gasteiger partial charge in [-0.15, -0.1) is 0 Å². The van der Waals surface area contributed by atoms with Crippen LogP contribution in [0.25, 0.3) is 22.2 Å². The number of likely N-dealkylation sites (tertiary alicyclic amines) is 1. The van der Waals surface area contributed by atoms with Gasteiger partial charge in [-0.3, -0.25) is 4.79 Å². The number of benzene rings is 3. The zero-order valence-electron chi connectivity index (χ0n) is 20.2. The number of nitrogens with zero attached hydrogens (tertiary/aromatic N) is 2. The minimum absolute atomic E-state index is 0.0727. The molecule has 4 aromatic rings. The topological polar surface area (TPSA) is 51.7 Å². The fraction of sp³-hybridized carbons (Fsp3) is 0.267. The first-order chi connectivity index (χ1) is 17.2. The second-order valence-electron chi connectivity index (χ2n) is 9.07. The van der Waals surface area contributed by atoms with Gasteiger partial charge in [0.15, 0.2) is 11.5 Å². The van der Waals surface area contributed by atoms with Crippen LogP contribution >= 0.6 is 0 Å². The number of hydrogen-bond acceptors (Lipinski definition) is 4. The lowest BCUT2D eigenvalue weighted by Crippen LogP contribution is -2.39. The lowest BCUT2D eigenvalue weighted by Gasteiger charge is -2.32.